The Labute approximate surface area is 475 Å². The third-order valence-electron chi connectivity index (χ3n) is 13.4. The van der Waals surface area contributed by atoms with Crippen molar-refractivity contribution in [3.63, 3.8) is 0 Å². The van der Waals surface area contributed by atoms with Crippen LogP contribution < -0.4 is 0 Å². The molecule has 0 amide bonds. The van der Waals surface area contributed by atoms with Crippen LogP contribution >= 0.6 is 0 Å². The summed E-state index contributed by atoms with van der Waals surface area (Å²) in [5, 5.41) is 0. The molecular formula is C71H118O6. The topological polar surface area (TPSA) is 78.9 Å². The molecule has 0 heterocycles. The highest BCUT2D eigenvalue weighted by atomic mass is 16.6. The second-order valence-corrected chi connectivity index (χ2v) is 20.9. The van der Waals surface area contributed by atoms with Crippen molar-refractivity contribution >= 4 is 17.9 Å². The molecule has 0 aromatic carbocycles. The van der Waals surface area contributed by atoms with Gasteiger partial charge in [-0.2, -0.15) is 0 Å². The van der Waals surface area contributed by atoms with Crippen molar-refractivity contribution in [3.8, 4) is 0 Å². The van der Waals surface area contributed by atoms with Gasteiger partial charge in [0.1, 0.15) is 13.2 Å². The lowest BCUT2D eigenvalue weighted by Gasteiger charge is -2.18. The third-order valence-corrected chi connectivity index (χ3v) is 13.4. The van der Waals surface area contributed by atoms with Gasteiger partial charge in [0.25, 0.3) is 0 Å². The quantitative estimate of drug-likeness (QED) is 0.0261. The van der Waals surface area contributed by atoms with Crippen molar-refractivity contribution in [2.75, 3.05) is 13.2 Å². The summed E-state index contributed by atoms with van der Waals surface area (Å²) >= 11 is 0. The Morgan fingerprint density at radius 1 is 0.273 bits per heavy atom. The molecule has 0 spiro atoms. The standard InChI is InChI=1S/C71H118O6/c1-4-7-10-13-16-19-22-24-26-28-29-30-31-32-33-34-35-36-37-38-39-40-41-42-43-44-46-47-49-52-55-58-61-64-70(73)76-67-68(66-75-69(72)63-60-57-54-51-21-18-15-12-9-6-3)77-71(74)65-62-59-56-53-50-48-45-27-25-23-20-17-14-11-8-5-2/h7,10,12,15-16,19-20,23-24,26-27,29-30,32-33,35-36,38-39,45,68H,4-6,8-9,11,13-14,17-18,21-22,25,28,31,34,37,40-44,46-67H2,1-3H3/b10-7-,15-12-,19-16-,23-20-,26-24-,30-29-,33-32-,36-35-,39-38-,45-27-. The van der Waals surface area contributed by atoms with E-state index < -0.39 is 6.10 Å². The molecule has 77 heavy (non-hydrogen) atoms. The van der Waals surface area contributed by atoms with Crippen LogP contribution in [-0.4, -0.2) is 37.2 Å². The molecule has 6 nitrogen and oxygen atoms in total. The molecular weight excluding hydrogens is 949 g/mol. The number of hydrogen-bond acceptors (Lipinski definition) is 6. The first kappa shape index (κ1) is 72.8. The molecule has 0 aromatic rings. The Hall–Kier alpha value is -4.19. The fourth-order valence-electron chi connectivity index (χ4n) is 8.63. The van der Waals surface area contributed by atoms with Crippen LogP contribution in [0, 0.1) is 0 Å². The molecule has 0 saturated carbocycles. The fourth-order valence-corrected chi connectivity index (χ4v) is 8.63. The molecule has 0 N–H and O–H groups in total. The largest absolute Gasteiger partial charge is 0.462 e. The van der Waals surface area contributed by atoms with E-state index in [0.717, 1.165) is 148 Å². The highest BCUT2D eigenvalue weighted by Gasteiger charge is 2.19. The predicted molar refractivity (Wildman–Crippen MR) is 334 cm³/mol. The minimum Gasteiger partial charge on any atom is -0.462 e. The first-order valence-electron chi connectivity index (χ1n) is 32.0. The SMILES string of the molecule is CC/C=C\C/C=C\C/C=C\C/C=C\C/C=C\C/C=C\C/C=C\CCCCCCCCCCCCCC(=O)OCC(COC(=O)CCCCCCC/C=C\CCC)OC(=O)CCCCCCC/C=C\C/C=C\CCCCCC. The highest BCUT2D eigenvalue weighted by Crippen LogP contribution is 2.15. The summed E-state index contributed by atoms with van der Waals surface area (Å²) in [6.45, 7) is 6.43. The fraction of sp³-hybridized carbons (Fsp3) is 0.676. The predicted octanol–water partition coefficient (Wildman–Crippen LogP) is 22.0. The van der Waals surface area contributed by atoms with Crippen LogP contribution in [0.1, 0.15) is 290 Å². The minimum absolute atomic E-state index is 0.0887. The molecule has 0 rings (SSSR count). The smallest absolute Gasteiger partial charge is 0.306 e. The molecule has 0 aliphatic rings. The summed E-state index contributed by atoms with van der Waals surface area (Å²) in [6, 6.07) is 0. The molecule has 0 aliphatic carbocycles. The summed E-state index contributed by atoms with van der Waals surface area (Å²) in [7, 11) is 0. The van der Waals surface area contributed by atoms with E-state index in [4.69, 9.17) is 14.2 Å². The zero-order valence-corrected chi connectivity index (χ0v) is 50.2. The van der Waals surface area contributed by atoms with Crippen molar-refractivity contribution in [2.45, 2.75) is 297 Å². The van der Waals surface area contributed by atoms with Gasteiger partial charge in [-0.05, 0) is 128 Å². The van der Waals surface area contributed by atoms with E-state index in [1.165, 1.54) is 103 Å². The van der Waals surface area contributed by atoms with E-state index in [-0.39, 0.29) is 31.1 Å². The molecule has 0 aromatic heterocycles. The maximum atomic E-state index is 12.9. The first-order valence-corrected chi connectivity index (χ1v) is 32.0. The van der Waals surface area contributed by atoms with Gasteiger partial charge in [-0.1, -0.05) is 264 Å². The van der Waals surface area contributed by atoms with Gasteiger partial charge in [0.2, 0.25) is 0 Å². The van der Waals surface area contributed by atoms with Crippen LogP contribution in [0.15, 0.2) is 122 Å². The molecule has 0 saturated heterocycles. The number of allylic oxidation sites excluding steroid dienone is 20. The van der Waals surface area contributed by atoms with Crippen LogP contribution in [0.2, 0.25) is 0 Å². The molecule has 0 bridgehead atoms. The van der Waals surface area contributed by atoms with Crippen LogP contribution in [-0.2, 0) is 28.6 Å². The first-order chi connectivity index (χ1) is 38.0. The maximum absolute atomic E-state index is 12.9. The zero-order valence-electron chi connectivity index (χ0n) is 50.2. The lowest BCUT2D eigenvalue weighted by Crippen LogP contribution is -2.30. The molecule has 0 aliphatic heterocycles. The Kier molecular flexibility index (Phi) is 60.8. The zero-order chi connectivity index (χ0) is 55.7. The van der Waals surface area contributed by atoms with Crippen molar-refractivity contribution < 1.29 is 28.6 Å². The summed E-state index contributed by atoms with van der Waals surface area (Å²) in [5.74, 6) is -0.913. The third kappa shape index (κ3) is 62.5. The van der Waals surface area contributed by atoms with Crippen molar-refractivity contribution in [1.82, 2.24) is 0 Å². The number of carbonyl (C=O) groups excluding carboxylic acids is 3. The average molecular weight is 1070 g/mol. The lowest BCUT2D eigenvalue weighted by atomic mass is 10.0. The number of unbranched alkanes of at least 4 members (excludes halogenated alkanes) is 26. The summed E-state index contributed by atoms with van der Waals surface area (Å²) in [5.41, 5.74) is 0. The van der Waals surface area contributed by atoms with E-state index in [9.17, 15) is 14.4 Å². The van der Waals surface area contributed by atoms with E-state index in [2.05, 4.69) is 142 Å². The normalized spacial score (nSPS) is 12.9. The van der Waals surface area contributed by atoms with Gasteiger partial charge in [-0.25, -0.2) is 0 Å². The van der Waals surface area contributed by atoms with Gasteiger partial charge >= 0.3 is 17.9 Å². The summed E-state index contributed by atoms with van der Waals surface area (Å²) in [4.78, 5) is 38.2. The van der Waals surface area contributed by atoms with Crippen LogP contribution in [0.3, 0.4) is 0 Å². The average Bonchev–Trinajstić information content (AvgIpc) is 3.43. The summed E-state index contributed by atoms with van der Waals surface area (Å²) in [6.07, 6.45) is 89.3. The van der Waals surface area contributed by atoms with Gasteiger partial charge in [-0.3, -0.25) is 14.4 Å². The van der Waals surface area contributed by atoms with Gasteiger partial charge < -0.3 is 14.2 Å². The lowest BCUT2D eigenvalue weighted by molar-refractivity contribution is -0.167. The Bertz CT molecular complexity index is 1600. The Morgan fingerprint density at radius 3 is 0.857 bits per heavy atom. The van der Waals surface area contributed by atoms with E-state index in [1.54, 1.807) is 0 Å². The molecule has 438 valence electrons. The number of hydrogen-bond donors (Lipinski definition) is 0. The molecule has 6 heteroatoms. The number of carbonyl (C=O) groups is 3. The molecule has 0 radical (unpaired) electrons. The van der Waals surface area contributed by atoms with Gasteiger partial charge in [0.05, 0.1) is 0 Å². The van der Waals surface area contributed by atoms with Crippen LogP contribution in [0.25, 0.3) is 0 Å². The van der Waals surface area contributed by atoms with Crippen molar-refractivity contribution in [2.24, 2.45) is 0 Å². The number of esters is 3. The summed E-state index contributed by atoms with van der Waals surface area (Å²) < 4.78 is 16.9. The Balaban J connectivity index is 4.19. The number of rotatable bonds is 57. The Morgan fingerprint density at radius 2 is 0.532 bits per heavy atom. The second kappa shape index (κ2) is 64.3. The van der Waals surface area contributed by atoms with Crippen molar-refractivity contribution in [3.05, 3.63) is 122 Å². The van der Waals surface area contributed by atoms with Crippen LogP contribution in [0.5, 0.6) is 0 Å². The number of ether oxygens (including phenoxy) is 3. The van der Waals surface area contributed by atoms with Gasteiger partial charge in [0.15, 0.2) is 6.10 Å². The molecule has 1 unspecified atom stereocenters. The van der Waals surface area contributed by atoms with Crippen molar-refractivity contribution in [1.29, 1.82) is 0 Å². The van der Waals surface area contributed by atoms with E-state index in [0.29, 0.717) is 19.3 Å². The minimum atomic E-state index is -0.791. The van der Waals surface area contributed by atoms with Gasteiger partial charge in [0, 0.05) is 19.3 Å². The monoisotopic (exact) mass is 1070 g/mol. The molecule has 0 fully saturated rings. The highest BCUT2D eigenvalue weighted by molar-refractivity contribution is 5.71. The molecule has 1 atom stereocenters. The maximum Gasteiger partial charge on any atom is 0.306 e. The van der Waals surface area contributed by atoms with E-state index >= 15 is 0 Å². The van der Waals surface area contributed by atoms with Gasteiger partial charge in [-0.15, -0.1) is 0 Å². The van der Waals surface area contributed by atoms with E-state index in [1.807, 2.05) is 0 Å². The van der Waals surface area contributed by atoms with Crippen LogP contribution in [0.4, 0.5) is 0 Å². The second-order valence-electron chi connectivity index (χ2n) is 20.9.